The maximum atomic E-state index is 5.75. The zero-order valence-corrected chi connectivity index (χ0v) is 21.7. The average molecular weight is 516 g/mol. The summed E-state index contributed by atoms with van der Waals surface area (Å²) in [4.78, 5) is 13.0. The molecule has 3 atom stereocenters. The Hall–Kier alpha value is -3.62. The van der Waals surface area contributed by atoms with E-state index in [9.17, 15) is 0 Å². The van der Waals surface area contributed by atoms with E-state index < -0.39 is 0 Å². The minimum absolute atomic E-state index is 0.0593. The highest BCUT2D eigenvalue weighted by atomic mass is 32.2. The van der Waals surface area contributed by atoms with Crippen molar-refractivity contribution in [3.05, 3.63) is 48.5 Å². The maximum absolute atomic E-state index is 5.75. The molecule has 1 aliphatic heterocycles. The molecule has 2 N–H and O–H groups in total. The van der Waals surface area contributed by atoms with E-state index in [0.29, 0.717) is 35.0 Å². The first-order chi connectivity index (χ1) is 17.5. The van der Waals surface area contributed by atoms with E-state index >= 15 is 0 Å². The predicted octanol–water partition coefficient (Wildman–Crippen LogP) is 2.32. The van der Waals surface area contributed by atoms with Crippen LogP contribution in [0.15, 0.2) is 36.9 Å². The van der Waals surface area contributed by atoms with Crippen LogP contribution in [0.4, 0.5) is 5.95 Å². The fraction of sp³-hybridized carbons (Fsp3) is 0.409. The van der Waals surface area contributed by atoms with Gasteiger partial charge in [-0.1, -0.05) is 0 Å². The third kappa shape index (κ3) is 5.15. The number of nitrogens with zero attached hydrogens (tertiary/aromatic N) is 7. The molecule has 0 amide bonds. The maximum Gasteiger partial charge on any atom is 0.245 e. The fourth-order valence-electron chi connectivity index (χ4n) is 3.73. The number of hydrogen-bond acceptors (Lipinski definition) is 13. The summed E-state index contributed by atoms with van der Waals surface area (Å²) in [7, 11) is 8.23. The fourth-order valence-corrected chi connectivity index (χ4v) is 4.52. The monoisotopic (exact) mass is 515 g/mol. The molecule has 0 aliphatic carbocycles. The third-order valence-corrected chi connectivity index (χ3v) is 6.40. The van der Waals surface area contributed by atoms with Gasteiger partial charge in [-0.15, -0.1) is 10.2 Å². The normalized spacial score (nSPS) is 16.6. The molecule has 0 spiro atoms. The molecule has 0 saturated heterocycles. The largest absolute Gasteiger partial charge is 0.495 e. The standard InChI is InChI=1S/C22H29N9O4S/c1-13(18(33-4)15-8-7-14(32-3)11-23-15)36-29-22-27-26-19(16-9-10-30(2)28-16)31(22)17-20(34-5)24-12-25-21(17)35-6/h7-13,16,18,28H,1-6H3,(H,27,29). The number of pyridine rings is 1. The van der Waals surface area contributed by atoms with Gasteiger partial charge in [0.1, 0.15) is 24.2 Å². The zero-order valence-electron chi connectivity index (χ0n) is 20.9. The summed E-state index contributed by atoms with van der Waals surface area (Å²) in [5, 5.41) is 10.6. The molecule has 0 radical (unpaired) electrons. The lowest BCUT2D eigenvalue weighted by Crippen LogP contribution is -2.28. The van der Waals surface area contributed by atoms with Crippen LogP contribution in [0, 0.1) is 0 Å². The molecule has 13 nitrogen and oxygen atoms in total. The van der Waals surface area contributed by atoms with Gasteiger partial charge in [0.05, 0.1) is 38.5 Å². The summed E-state index contributed by atoms with van der Waals surface area (Å²) in [6.45, 7) is 2.03. The van der Waals surface area contributed by atoms with Crippen molar-refractivity contribution in [1.82, 2.24) is 40.2 Å². The van der Waals surface area contributed by atoms with E-state index in [1.54, 1.807) is 25.0 Å². The van der Waals surface area contributed by atoms with Crippen molar-refractivity contribution in [3.63, 3.8) is 0 Å². The molecule has 192 valence electrons. The highest BCUT2D eigenvalue weighted by Crippen LogP contribution is 2.36. The van der Waals surface area contributed by atoms with Crippen LogP contribution in [0.2, 0.25) is 0 Å². The molecular weight excluding hydrogens is 486 g/mol. The van der Waals surface area contributed by atoms with Gasteiger partial charge in [0, 0.05) is 20.4 Å². The van der Waals surface area contributed by atoms with Crippen molar-refractivity contribution in [2.75, 3.05) is 40.2 Å². The van der Waals surface area contributed by atoms with E-state index in [4.69, 9.17) is 18.9 Å². The van der Waals surface area contributed by atoms with E-state index in [2.05, 4.69) is 35.3 Å². The topological polar surface area (TPSA) is 134 Å². The molecule has 4 rings (SSSR count). The number of hydrazine groups is 1. The molecular formula is C22H29N9O4S. The number of nitrogens with one attached hydrogen (secondary N) is 2. The van der Waals surface area contributed by atoms with Gasteiger partial charge in [-0.05, 0) is 37.1 Å². The molecule has 0 bridgehead atoms. The average Bonchev–Trinajstić information content (AvgIpc) is 3.53. The molecule has 0 fully saturated rings. The summed E-state index contributed by atoms with van der Waals surface area (Å²) in [5.41, 5.74) is 4.55. The Labute approximate surface area is 213 Å². The van der Waals surface area contributed by atoms with Crippen molar-refractivity contribution in [3.8, 4) is 23.2 Å². The Morgan fingerprint density at radius 2 is 1.78 bits per heavy atom. The molecule has 36 heavy (non-hydrogen) atoms. The number of rotatable bonds is 11. The summed E-state index contributed by atoms with van der Waals surface area (Å²) >= 11 is 1.42. The van der Waals surface area contributed by atoms with E-state index in [1.165, 1.54) is 32.5 Å². The van der Waals surface area contributed by atoms with Crippen LogP contribution in [0.1, 0.15) is 30.6 Å². The molecule has 4 heterocycles. The second kappa shape index (κ2) is 11.4. The smallest absolute Gasteiger partial charge is 0.245 e. The van der Waals surface area contributed by atoms with Gasteiger partial charge in [0.2, 0.25) is 17.7 Å². The molecule has 0 aromatic carbocycles. The first kappa shape index (κ1) is 25.5. The highest BCUT2D eigenvalue weighted by molar-refractivity contribution is 8.01. The molecule has 14 heteroatoms. The summed E-state index contributed by atoms with van der Waals surface area (Å²) in [6.07, 6.45) is 6.64. The highest BCUT2D eigenvalue weighted by Gasteiger charge is 2.30. The van der Waals surface area contributed by atoms with Gasteiger partial charge < -0.3 is 24.0 Å². The van der Waals surface area contributed by atoms with Crippen molar-refractivity contribution >= 4 is 17.9 Å². The lowest BCUT2D eigenvalue weighted by Gasteiger charge is -2.23. The van der Waals surface area contributed by atoms with Crippen LogP contribution in [0.25, 0.3) is 5.69 Å². The molecule has 0 saturated carbocycles. The SMILES string of the molecule is COc1ccc(C(OC)C(C)SNc2nnc(C3C=CN(C)N3)n2-c2c(OC)ncnc2OC)nc1. The molecule has 3 unspecified atom stereocenters. The number of ether oxygens (including phenoxy) is 4. The Morgan fingerprint density at radius 1 is 1.03 bits per heavy atom. The van der Waals surface area contributed by atoms with Crippen LogP contribution in [-0.2, 0) is 4.74 Å². The lowest BCUT2D eigenvalue weighted by atomic mass is 10.2. The van der Waals surface area contributed by atoms with Crippen LogP contribution >= 0.6 is 11.9 Å². The van der Waals surface area contributed by atoms with Gasteiger partial charge in [-0.2, -0.15) is 9.97 Å². The van der Waals surface area contributed by atoms with Crippen molar-refractivity contribution in [2.24, 2.45) is 0 Å². The van der Waals surface area contributed by atoms with Crippen LogP contribution in [0.5, 0.6) is 17.5 Å². The summed E-state index contributed by atoms with van der Waals surface area (Å²) in [5.74, 6) is 2.35. The van der Waals surface area contributed by atoms with E-state index in [-0.39, 0.29) is 17.4 Å². The van der Waals surface area contributed by atoms with Crippen LogP contribution in [-0.4, -0.2) is 75.5 Å². The minimum Gasteiger partial charge on any atom is -0.495 e. The predicted molar refractivity (Wildman–Crippen MR) is 134 cm³/mol. The van der Waals surface area contributed by atoms with Gasteiger partial charge in [-0.25, -0.2) is 5.43 Å². The van der Waals surface area contributed by atoms with Crippen molar-refractivity contribution in [2.45, 2.75) is 24.3 Å². The molecule has 3 aromatic heterocycles. The minimum atomic E-state index is -0.290. The van der Waals surface area contributed by atoms with E-state index in [0.717, 1.165) is 5.69 Å². The van der Waals surface area contributed by atoms with Crippen molar-refractivity contribution < 1.29 is 18.9 Å². The first-order valence-corrected chi connectivity index (χ1v) is 11.9. The summed E-state index contributed by atoms with van der Waals surface area (Å²) in [6, 6.07) is 3.50. The Bertz CT molecular complexity index is 1170. The Kier molecular flexibility index (Phi) is 8.07. The number of hydrogen-bond donors (Lipinski definition) is 2. The number of methoxy groups -OCH3 is 4. The Balaban J connectivity index is 1.66. The van der Waals surface area contributed by atoms with Gasteiger partial charge in [0.15, 0.2) is 11.5 Å². The Morgan fingerprint density at radius 3 is 2.33 bits per heavy atom. The first-order valence-electron chi connectivity index (χ1n) is 11.0. The molecule has 3 aromatic rings. The van der Waals surface area contributed by atoms with Crippen molar-refractivity contribution in [1.29, 1.82) is 0 Å². The van der Waals surface area contributed by atoms with Crippen LogP contribution in [0.3, 0.4) is 0 Å². The second-order valence-corrected chi connectivity index (χ2v) is 8.90. The van der Waals surface area contributed by atoms with Gasteiger partial charge in [-0.3, -0.25) is 14.3 Å². The van der Waals surface area contributed by atoms with Crippen LogP contribution < -0.4 is 24.4 Å². The van der Waals surface area contributed by atoms with E-state index in [1.807, 2.05) is 43.4 Å². The summed E-state index contributed by atoms with van der Waals surface area (Å²) < 4.78 is 27.1. The van der Waals surface area contributed by atoms with Gasteiger partial charge in [0.25, 0.3) is 0 Å². The third-order valence-electron chi connectivity index (χ3n) is 5.48. The quantitative estimate of drug-likeness (QED) is 0.362. The number of aromatic nitrogens is 6. The second-order valence-electron chi connectivity index (χ2n) is 7.72. The molecule has 1 aliphatic rings. The zero-order chi connectivity index (χ0) is 25.7. The lowest BCUT2D eigenvalue weighted by molar-refractivity contribution is 0.101. The van der Waals surface area contributed by atoms with Gasteiger partial charge >= 0.3 is 0 Å². The number of anilines is 1.